The van der Waals surface area contributed by atoms with E-state index in [4.69, 9.17) is 0 Å². The van der Waals surface area contributed by atoms with E-state index in [-0.39, 0.29) is 18.0 Å². The number of amides is 1. The second-order valence-corrected chi connectivity index (χ2v) is 10.3. The number of piperidine rings is 1. The fourth-order valence-electron chi connectivity index (χ4n) is 4.69. The Labute approximate surface area is 198 Å². The number of aromatic amines is 1. The van der Waals surface area contributed by atoms with Crippen LogP contribution in [0.15, 0.2) is 64.3 Å². The van der Waals surface area contributed by atoms with Crippen LogP contribution in [0.3, 0.4) is 0 Å². The molecule has 0 atom stereocenters. The molecule has 6 rings (SSSR count). The van der Waals surface area contributed by atoms with Gasteiger partial charge in [-0.05, 0) is 41.8 Å². The van der Waals surface area contributed by atoms with Crippen LogP contribution in [0.2, 0.25) is 0 Å². The molecule has 0 saturated carbocycles. The third kappa shape index (κ3) is 3.69. The van der Waals surface area contributed by atoms with Gasteiger partial charge in [-0.15, -0.1) is 22.7 Å². The van der Waals surface area contributed by atoms with Crippen molar-refractivity contribution in [3.63, 3.8) is 0 Å². The fraction of sp³-hybridized carbons (Fsp3) is 0.240. The van der Waals surface area contributed by atoms with Crippen molar-refractivity contribution in [2.45, 2.75) is 25.3 Å². The molecule has 1 fully saturated rings. The highest BCUT2D eigenvalue weighted by Crippen LogP contribution is 2.33. The first-order valence-corrected chi connectivity index (χ1v) is 12.8. The van der Waals surface area contributed by atoms with Gasteiger partial charge in [0.15, 0.2) is 0 Å². The summed E-state index contributed by atoms with van der Waals surface area (Å²) in [7, 11) is 0. The Balaban J connectivity index is 1.17. The van der Waals surface area contributed by atoms with Crippen LogP contribution in [0.4, 0.5) is 0 Å². The maximum absolute atomic E-state index is 13.2. The minimum atomic E-state index is -0.147. The monoisotopic (exact) mass is 474 g/mol. The first kappa shape index (κ1) is 20.4. The predicted octanol–water partition coefficient (Wildman–Crippen LogP) is 5.07. The number of benzene rings is 1. The zero-order chi connectivity index (χ0) is 22.4. The average Bonchev–Trinajstić information content (AvgIpc) is 3.60. The molecule has 4 aromatic heterocycles. The Morgan fingerprint density at radius 2 is 1.97 bits per heavy atom. The largest absolute Gasteiger partial charge is 0.358 e. The SMILES string of the molecule is O=C(Cn1cnc2scc(-c3cccs3)c2c1=O)N1CCC(c2cc3ccccc3[nH]2)CC1. The average molecular weight is 475 g/mol. The molecule has 5 heterocycles. The standard InChI is InChI=1S/C25H22N4O2S2/c30-22(28-9-7-16(8-10-28)20-12-17-4-1-2-5-19(17)27-20)13-29-15-26-24-23(25(29)31)18(14-33-24)21-6-3-11-32-21/h1-6,11-12,14-16,27H,7-10,13H2. The molecule has 1 N–H and O–H groups in total. The maximum Gasteiger partial charge on any atom is 0.263 e. The van der Waals surface area contributed by atoms with E-state index >= 15 is 0 Å². The summed E-state index contributed by atoms with van der Waals surface area (Å²) in [6.45, 7) is 1.42. The van der Waals surface area contributed by atoms with Gasteiger partial charge in [0.2, 0.25) is 5.91 Å². The first-order valence-electron chi connectivity index (χ1n) is 11.0. The molecular weight excluding hydrogens is 452 g/mol. The topological polar surface area (TPSA) is 71.0 Å². The van der Waals surface area contributed by atoms with Crippen molar-refractivity contribution in [1.82, 2.24) is 19.4 Å². The summed E-state index contributed by atoms with van der Waals surface area (Å²) in [5.41, 5.74) is 3.16. The fourth-order valence-corrected chi connectivity index (χ4v) is 6.42. The molecular formula is C25H22N4O2S2. The number of para-hydroxylation sites is 1. The second-order valence-electron chi connectivity index (χ2n) is 8.45. The lowest BCUT2D eigenvalue weighted by Crippen LogP contribution is -2.41. The van der Waals surface area contributed by atoms with Crippen molar-refractivity contribution in [3.05, 3.63) is 75.6 Å². The maximum atomic E-state index is 13.2. The number of nitrogens with zero attached hydrogens (tertiary/aromatic N) is 3. The molecule has 1 aliphatic heterocycles. The summed E-state index contributed by atoms with van der Waals surface area (Å²) in [5.74, 6) is 0.391. The molecule has 0 bridgehead atoms. The molecule has 8 heteroatoms. The highest BCUT2D eigenvalue weighted by molar-refractivity contribution is 7.18. The Kier molecular flexibility index (Phi) is 5.11. The Hall–Kier alpha value is -3.23. The second kappa shape index (κ2) is 8.28. The van der Waals surface area contributed by atoms with E-state index in [1.54, 1.807) is 11.3 Å². The summed E-state index contributed by atoms with van der Waals surface area (Å²) in [6, 6.07) is 14.5. The Bertz CT molecular complexity index is 1470. The van der Waals surface area contributed by atoms with Crippen molar-refractivity contribution in [1.29, 1.82) is 0 Å². The van der Waals surface area contributed by atoms with Gasteiger partial charge in [0.05, 0.1) is 11.7 Å². The van der Waals surface area contributed by atoms with E-state index < -0.39 is 0 Å². The molecule has 33 heavy (non-hydrogen) atoms. The summed E-state index contributed by atoms with van der Waals surface area (Å²) in [5, 5.41) is 5.81. The van der Waals surface area contributed by atoms with Crippen LogP contribution in [0.1, 0.15) is 24.5 Å². The zero-order valence-electron chi connectivity index (χ0n) is 17.9. The molecule has 0 unspecified atom stereocenters. The van der Waals surface area contributed by atoms with E-state index in [9.17, 15) is 9.59 Å². The van der Waals surface area contributed by atoms with Gasteiger partial charge < -0.3 is 9.88 Å². The molecule has 1 amide bonds. The highest BCUT2D eigenvalue weighted by Gasteiger charge is 2.25. The normalized spacial score (nSPS) is 15.0. The number of aromatic nitrogens is 3. The summed E-state index contributed by atoms with van der Waals surface area (Å²) in [4.78, 5) is 37.9. The van der Waals surface area contributed by atoms with Gasteiger partial charge in [-0.3, -0.25) is 14.2 Å². The Morgan fingerprint density at radius 1 is 1.12 bits per heavy atom. The number of H-pyrrole nitrogens is 1. The third-order valence-electron chi connectivity index (χ3n) is 6.49. The third-order valence-corrected chi connectivity index (χ3v) is 8.28. The molecule has 5 aromatic rings. The van der Waals surface area contributed by atoms with Crippen molar-refractivity contribution < 1.29 is 4.79 Å². The van der Waals surface area contributed by atoms with Crippen LogP contribution in [0.5, 0.6) is 0 Å². The van der Waals surface area contributed by atoms with Crippen LogP contribution in [-0.2, 0) is 11.3 Å². The van der Waals surface area contributed by atoms with Crippen molar-refractivity contribution in [2.75, 3.05) is 13.1 Å². The Morgan fingerprint density at radius 3 is 2.76 bits per heavy atom. The number of carbonyl (C=O) groups excluding carboxylic acids is 1. The smallest absolute Gasteiger partial charge is 0.263 e. The number of thiophene rings is 2. The molecule has 1 saturated heterocycles. The molecule has 0 aliphatic carbocycles. The van der Waals surface area contributed by atoms with Crippen LogP contribution in [0.25, 0.3) is 31.6 Å². The highest BCUT2D eigenvalue weighted by atomic mass is 32.1. The van der Waals surface area contributed by atoms with Gasteiger partial charge >= 0.3 is 0 Å². The summed E-state index contributed by atoms with van der Waals surface area (Å²) >= 11 is 3.06. The lowest BCUT2D eigenvalue weighted by molar-refractivity contribution is -0.133. The van der Waals surface area contributed by atoms with Gasteiger partial charge in [-0.1, -0.05) is 24.3 Å². The van der Waals surface area contributed by atoms with Gasteiger partial charge in [0.1, 0.15) is 11.4 Å². The zero-order valence-corrected chi connectivity index (χ0v) is 19.5. The molecule has 1 aromatic carbocycles. The number of hydrogen-bond acceptors (Lipinski definition) is 5. The lowest BCUT2D eigenvalue weighted by Gasteiger charge is -2.31. The molecule has 0 spiro atoms. The van der Waals surface area contributed by atoms with Crippen molar-refractivity contribution >= 4 is 49.7 Å². The van der Waals surface area contributed by atoms with Gasteiger partial charge in [-0.2, -0.15) is 0 Å². The van der Waals surface area contributed by atoms with Crippen LogP contribution in [-0.4, -0.2) is 38.4 Å². The van der Waals surface area contributed by atoms with Gasteiger partial charge in [0, 0.05) is 46.0 Å². The number of nitrogens with one attached hydrogen (secondary N) is 1. The number of rotatable bonds is 4. The van der Waals surface area contributed by atoms with Gasteiger partial charge in [-0.25, -0.2) is 4.98 Å². The van der Waals surface area contributed by atoms with E-state index in [2.05, 4.69) is 34.2 Å². The predicted molar refractivity (Wildman–Crippen MR) is 134 cm³/mol. The molecule has 6 nitrogen and oxygen atoms in total. The van der Waals surface area contributed by atoms with Gasteiger partial charge in [0.25, 0.3) is 5.56 Å². The number of carbonyl (C=O) groups is 1. The summed E-state index contributed by atoms with van der Waals surface area (Å²) in [6.07, 6.45) is 3.34. The minimum absolute atomic E-state index is 0.0263. The van der Waals surface area contributed by atoms with Crippen LogP contribution in [0, 0.1) is 0 Å². The van der Waals surface area contributed by atoms with E-state index in [1.165, 1.54) is 33.3 Å². The molecule has 0 radical (unpaired) electrons. The molecule has 1 aliphatic rings. The van der Waals surface area contributed by atoms with Crippen molar-refractivity contribution in [3.8, 4) is 10.4 Å². The number of likely N-dealkylation sites (tertiary alicyclic amines) is 1. The van der Waals surface area contributed by atoms with Crippen LogP contribution < -0.4 is 5.56 Å². The minimum Gasteiger partial charge on any atom is -0.358 e. The van der Waals surface area contributed by atoms with E-state index in [0.717, 1.165) is 28.8 Å². The number of fused-ring (bicyclic) bond motifs is 2. The van der Waals surface area contributed by atoms with Crippen LogP contribution >= 0.6 is 22.7 Å². The summed E-state index contributed by atoms with van der Waals surface area (Å²) < 4.78 is 1.46. The first-order chi connectivity index (χ1) is 16.2. The molecule has 166 valence electrons. The lowest BCUT2D eigenvalue weighted by atomic mass is 9.93. The number of hydrogen-bond donors (Lipinski definition) is 1. The van der Waals surface area contributed by atoms with E-state index in [0.29, 0.717) is 29.2 Å². The van der Waals surface area contributed by atoms with E-state index in [1.807, 2.05) is 33.9 Å². The quantitative estimate of drug-likeness (QED) is 0.395. The van der Waals surface area contributed by atoms with Crippen molar-refractivity contribution in [2.24, 2.45) is 0 Å².